The van der Waals surface area contributed by atoms with Gasteiger partial charge in [-0.25, -0.2) is 4.98 Å². The zero-order chi connectivity index (χ0) is 9.47. The molecule has 1 heterocycles. The molecule has 1 unspecified atom stereocenters. The van der Waals surface area contributed by atoms with Gasteiger partial charge < -0.3 is 5.11 Å². The largest absolute Gasteiger partial charge is 0.392 e. The Hall–Kier alpha value is -0.600. The molecule has 1 atom stereocenters. The van der Waals surface area contributed by atoms with Crippen LogP contribution in [0.15, 0.2) is 18.2 Å². The number of aliphatic hydroxyl groups excluding tert-OH is 1. The van der Waals surface area contributed by atoms with E-state index < -0.39 is 0 Å². The molecule has 0 saturated heterocycles. The summed E-state index contributed by atoms with van der Waals surface area (Å²) in [6, 6.07) is 5.57. The van der Waals surface area contributed by atoms with E-state index in [0.717, 1.165) is 18.5 Å². The van der Waals surface area contributed by atoms with Crippen LogP contribution in [0.1, 0.15) is 25.5 Å². The van der Waals surface area contributed by atoms with Crippen LogP contribution < -0.4 is 0 Å². The molecule has 1 aliphatic carbocycles. The van der Waals surface area contributed by atoms with Gasteiger partial charge in [-0.15, -0.1) is 0 Å². The number of aliphatic hydroxyl groups is 1. The Labute approximate surface area is 82.6 Å². The van der Waals surface area contributed by atoms with E-state index in [1.165, 1.54) is 0 Å². The SMILES string of the molecule is CC(O)C1(c2cccc(Cl)n2)CC1. The number of nitrogens with zero attached hydrogens (tertiary/aromatic N) is 1. The van der Waals surface area contributed by atoms with Crippen LogP contribution in [0.5, 0.6) is 0 Å². The van der Waals surface area contributed by atoms with Gasteiger partial charge in [0.2, 0.25) is 0 Å². The molecule has 1 fully saturated rings. The highest BCUT2D eigenvalue weighted by atomic mass is 35.5. The predicted molar refractivity (Wildman–Crippen MR) is 51.8 cm³/mol. The lowest BCUT2D eigenvalue weighted by atomic mass is 9.96. The van der Waals surface area contributed by atoms with Gasteiger partial charge in [0.05, 0.1) is 11.8 Å². The Morgan fingerprint density at radius 1 is 1.54 bits per heavy atom. The lowest BCUT2D eigenvalue weighted by molar-refractivity contribution is 0.148. The van der Waals surface area contributed by atoms with E-state index in [2.05, 4.69) is 4.98 Å². The average Bonchev–Trinajstić information content (AvgIpc) is 2.83. The third kappa shape index (κ3) is 1.45. The third-order valence-electron chi connectivity index (χ3n) is 2.81. The molecule has 0 radical (unpaired) electrons. The summed E-state index contributed by atoms with van der Waals surface area (Å²) in [6.45, 7) is 1.82. The molecule has 0 bridgehead atoms. The molecule has 2 rings (SSSR count). The summed E-state index contributed by atoms with van der Waals surface area (Å²) in [6.07, 6.45) is 1.69. The van der Waals surface area contributed by atoms with Crippen molar-refractivity contribution < 1.29 is 5.11 Å². The Bertz CT molecular complexity index is 320. The Kier molecular flexibility index (Phi) is 2.05. The molecule has 13 heavy (non-hydrogen) atoms. The van der Waals surface area contributed by atoms with Crippen LogP contribution in [0.25, 0.3) is 0 Å². The lowest BCUT2D eigenvalue weighted by Crippen LogP contribution is -2.23. The number of hydrogen-bond donors (Lipinski definition) is 1. The highest BCUT2D eigenvalue weighted by Crippen LogP contribution is 2.50. The third-order valence-corrected chi connectivity index (χ3v) is 3.02. The predicted octanol–water partition coefficient (Wildman–Crippen LogP) is 2.15. The second-order valence-electron chi connectivity index (χ2n) is 3.68. The van der Waals surface area contributed by atoms with E-state index in [0.29, 0.717) is 5.15 Å². The monoisotopic (exact) mass is 197 g/mol. The van der Waals surface area contributed by atoms with Gasteiger partial charge in [0.1, 0.15) is 5.15 Å². The van der Waals surface area contributed by atoms with Crippen LogP contribution in [-0.2, 0) is 5.41 Å². The van der Waals surface area contributed by atoms with Gasteiger partial charge in [-0.1, -0.05) is 17.7 Å². The first-order valence-electron chi connectivity index (χ1n) is 4.46. The quantitative estimate of drug-likeness (QED) is 0.737. The number of rotatable bonds is 2. The van der Waals surface area contributed by atoms with Gasteiger partial charge in [0.25, 0.3) is 0 Å². The minimum absolute atomic E-state index is 0.106. The van der Waals surface area contributed by atoms with E-state index in [9.17, 15) is 5.11 Å². The first-order chi connectivity index (χ1) is 6.15. The maximum Gasteiger partial charge on any atom is 0.129 e. The van der Waals surface area contributed by atoms with Crippen molar-refractivity contribution in [2.75, 3.05) is 0 Å². The van der Waals surface area contributed by atoms with Crippen molar-refractivity contribution in [3.63, 3.8) is 0 Å². The zero-order valence-corrected chi connectivity index (χ0v) is 8.25. The van der Waals surface area contributed by atoms with E-state index in [1.807, 2.05) is 19.1 Å². The molecular formula is C10H12ClNO. The summed E-state index contributed by atoms with van der Waals surface area (Å²) in [4.78, 5) is 4.23. The van der Waals surface area contributed by atoms with Crippen molar-refractivity contribution in [1.82, 2.24) is 4.98 Å². The van der Waals surface area contributed by atoms with E-state index in [1.54, 1.807) is 6.07 Å². The molecule has 0 aliphatic heterocycles. The molecular weight excluding hydrogens is 186 g/mol. The molecule has 2 nitrogen and oxygen atoms in total. The standard InChI is InChI=1S/C10H12ClNO/c1-7(13)10(5-6-10)8-3-2-4-9(11)12-8/h2-4,7,13H,5-6H2,1H3. The molecule has 70 valence electrons. The molecule has 1 aromatic rings. The van der Waals surface area contributed by atoms with Crippen molar-refractivity contribution in [2.24, 2.45) is 0 Å². The fourth-order valence-corrected chi connectivity index (χ4v) is 1.87. The van der Waals surface area contributed by atoms with Gasteiger partial charge in [-0.2, -0.15) is 0 Å². The summed E-state index contributed by atoms with van der Waals surface area (Å²) in [7, 11) is 0. The minimum Gasteiger partial charge on any atom is -0.392 e. The maximum absolute atomic E-state index is 9.60. The summed E-state index contributed by atoms with van der Waals surface area (Å²) in [5.74, 6) is 0. The maximum atomic E-state index is 9.60. The molecule has 1 N–H and O–H groups in total. The lowest BCUT2D eigenvalue weighted by Gasteiger charge is -2.17. The summed E-state index contributed by atoms with van der Waals surface area (Å²) < 4.78 is 0. The van der Waals surface area contributed by atoms with Gasteiger partial charge in [0, 0.05) is 5.41 Å². The van der Waals surface area contributed by atoms with Gasteiger partial charge in [-0.3, -0.25) is 0 Å². The van der Waals surface area contributed by atoms with Crippen LogP contribution in [0.2, 0.25) is 5.15 Å². The van der Waals surface area contributed by atoms with Crippen molar-refractivity contribution in [1.29, 1.82) is 0 Å². The molecule has 0 spiro atoms. The van der Waals surface area contributed by atoms with Crippen molar-refractivity contribution in [2.45, 2.75) is 31.3 Å². The normalized spacial score (nSPS) is 21.2. The summed E-state index contributed by atoms with van der Waals surface area (Å²) in [5, 5.41) is 10.1. The van der Waals surface area contributed by atoms with Crippen LogP contribution in [0.4, 0.5) is 0 Å². The number of hydrogen-bond acceptors (Lipinski definition) is 2. The van der Waals surface area contributed by atoms with E-state index in [4.69, 9.17) is 11.6 Å². The topological polar surface area (TPSA) is 33.1 Å². The first kappa shape index (κ1) is 8.97. The summed E-state index contributed by atoms with van der Waals surface area (Å²) in [5.41, 5.74) is 0.820. The van der Waals surface area contributed by atoms with Crippen LogP contribution in [0.3, 0.4) is 0 Å². The Balaban J connectivity index is 2.35. The first-order valence-corrected chi connectivity index (χ1v) is 4.84. The van der Waals surface area contributed by atoms with Gasteiger partial charge in [0.15, 0.2) is 0 Å². The summed E-state index contributed by atoms with van der Waals surface area (Å²) >= 11 is 5.79. The zero-order valence-electron chi connectivity index (χ0n) is 7.50. The Morgan fingerprint density at radius 3 is 2.69 bits per heavy atom. The van der Waals surface area contributed by atoms with Crippen LogP contribution >= 0.6 is 11.6 Å². The average molecular weight is 198 g/mol. The molecule has 0 amide bonds. The molecule has 3 heteroatoms. The fraction of sp³-hybridized carbons (Fsp3) is 0.500. The second kappa shape index (κ2) is 2.96. The molecule has 1 saturated carbocycles. The molecule has 0 aromatic carbocycles. The minimum atomic E-state index is -0.335. The van der Waals surface area contributed by atoms with Gasteiger partial charge >= 0.3 is 0 Å². The van der Waals surface area contributed by atoms with E-state index >= 15 is 0 Å². The van der Waals surface area contributed by atoms with Crippen molar-refractivity contribution in [3.8, 4) is 0 Å². The number of pyridine rings is 1. The van der Waals surface area contributed by atoms with Crippen molar-refractivity contribution >= 4 is 11.6 Å². The highest BCUT2D eigenvalue weighted by Gasteiger charge is 2.49. The number of halogens is 1. The Morgan fingerprint density at radius 2 is 2.23 bits per heavy atom. The van der Waals surface area contributed by atoms with E-state index in [-0.39, 0.29) is 11.5 Å². The van der Waals surface area contributed by atoms with Crippen molar-refractivity contribution in [3.05, 3.63) is 29.0 Å². The number of aromatic nitrogens is 1. The molecule has 1 aromatic heterocycles. The smallest absolute Gasteiger partial charge is 0.129 e. The second-order valence-corrected chi connectivity index (χ2v) is 4.06. The van der Waals surface area contributed by atoms with Crippen LogP contribution in [0, 0.1) is 0 Å². The highest BCUT2D eigenvalue weighted by molar-refractivity contribution is 6.29. The van der Waals surface area contributed by atoms with Crippen LogP contribution in [-0.4, -0.2) is 16.2 Å². The van der Waals surface area contributed by atoms with Gasteiger partial charge in [-0.05, 0) is 31.9 Å². The fourth-order valence-electron chi connectivity index (χ4n) is 1.71. The molecule has 1 aliphatic rings.